The molecule has 1 aromatic carbocycles. The van der Waals surface area contributed by atoms with Gasteiger partial charge in [0, 0.05) is 12.4 Å². The Hall–Kier alpha value is -3.09. The molecule has 0 aliphatic rings. The van der Waals surface area contributed by atoms with Gasteiger partial charge in [0.2, 0.25) is 11.8 Å². The standard InChI is InChI=1S/C14H9FN4O2/c15-10-5-2-1-4-9(10)12-19-11(13(20)21-12)8-18-14-16-6-3-7-17-14/h1-8,20H/b18-8+. The van der Waals surface area contributed by atoms with Crippen LogP contribution >= 0.6 is 0 Å². The highest BCUT2D eigenvalue weighted by Crippen LogP contribution is 2.27. The van der Waals surface area contributed by atoms with E-state index in [0.29, 0.717) is 0 Å². The van der Waals surface area contributed by atoms with Crippen LogP contribution in [0.5, 0.6) is 5.95 Å². The van der Waals surface area contributed by atoms with E-state index in [-0.39, 0.29) is 23.1 Å². The molecular formula is C14H9FN4O2. The molecule has 0 radical (unpaired) electrons. The smallest absolute Gasteiger partial charge is 0.312 e. The zero-order chi connectivity index (χ0) is 14.7. The van der Waals surface area contributed by atoms with E-state index in [1.54, 1.807) is 18.2 Å². The fraction of sp³-hybridized carbons (Fsp3) is 0. The first kappa shape index (κ1) is 12.9. The van der Waals surface area contributed by atoms with E-state index >= 15 is 0 Å². The minimum absolute atomic E-state index is 0.0268. The number of hydrogen-bond donors (Lipinski definition) is 1. The van der Waals surface area contributed by atoms with Crippen molar-refractivity contribution < 1.29 is 13.9 Å². The molecule has 0 fully saturated rings. The molecule has 2 heterocycles. The van der Waals surface area contributed by atoms with Crippen molar-refractivity contribution in [3.63, 3.8) is 0 Å². The summed E-state index contributed by atoms with van der Waals surface area (Å²) in [6.45, 7) is 0. The van der Waals surface area contributed by atoms with Crippen LogP contribution in [-0.4, -0.2) is 26.3 Å². The molecule has 0 saturated carbocycles. The topological polar surface area (TPSA) is 84.4 Å². The highest BCUT2D eigenvalue weighted by atomic mass is 19.1. The molecule has 6 nitrogen and oxygen atoms in total. The molecule has 0 amide bonds. The van der Waals surface area contributed by atoms with E-state index in [1.807, 2.05) is 0 Å². The molecule has 3 aromatic rings. The lowest BCUT2D eigenvalue weighted by Crippen LogP contribution is -1.86. The number of halogens is 1. The summed E-state index contributed by atoms with van der Waals surface area (Å²) < 4.78 is 18.7. The summed E-state index contributed by atoms with van der Waals surface area (Å²) in [5, 5.41) is 9.68. The van der Waals surface area contributed by atoms with Crippen LogP contribution in [0, 0.1) is 5.82 Å². The summed E-state index contributed by atoms with van der Waals surface area (Å²) in [7, 11) is 0. The van der Waals surface area contributed by atoms with Gasteiger partial charge in [-0.05, 0) is 18.2 Å². The van der Waals surface area contributed by atoms with Crippen LogP contribution in [0.3, 0.4) is 0 Å². The Morgan fingerprint density at radius 1 is 1.14 bits per heavy atom. The molecule has 21 heavy (non-hydrogen) atoms. The minimum atomic E-state index is -0.492. The van der Waals surface area contributed by atoms with Gasteiger partial charge in [-0.3, -0.25) is 0 Å². The second kappa shape index (κ2) is 5.49. The van der Waals surface area contributed by atoms with Crippen LogP contribution in [0.2, 0.25) is 0 Å². The lowest BCUT2D eigenvalue weighted by Gasteiger charge is -1.95. The van der Waals surface area contributed by atoms with Crippen molar-refractivity contribution in [2.24, 2.45) is 4.99 Å². The van der Waals surface area contributed by atoms with Crippen molar-refractivity contribution in [3.05, 3.63) is 54.2 Å². The molecule has 0 aliphatic heterocycles. The van der Waals surface area contributed by atoms with Gasteiger partial charge in [-0.25, -0.2) is 24.3 Å². The van der Waals surface area contributed by atoms with E-state index in [2.05, 4.69) is 19.9 Å². The summed E-state index contributed by atoms with van der Waals surface area (Å²) in [5.74, 6) is -0.755. The highest BCUT2D eigenvalue weighted by Gasteiger charge is 2.15. The maximum Gasteiger partial charge on any atom is 0.312 e. The van der Waals surface area contributed by atoms with Gasteiger partial charge in [0.1, 0.15) is 5.82 Å². The molecule has 3 rings (SSSR count). The van der Waals surface area contributed by atoms with Crippen LogP contribution in [0.1, 0.15) is 5.69 Å². The van der Waals surface area contributed by atoms with Gasteiger partial charge in [0.05, 0.1) is 11.8 Å². The Balaban J connectivity index is 1.92. The first-order chi connectivity index (χ1) is 10.2. The molecule has 0 bridgehead atoms. The second-order valence-electron chi connectivity index (χ2n) is 4.00. The van der Waals surface area contributed by atoms with Crippen molar-refractivity contribution in [2.75, 3.05) is 0 Å². The Bertz CT molecular complexity index is 787. The van der Waals surface area contributed by atoms with Gasteiger partial charge >= 0.3 is 5.95 Å². The number of aromatic nitrogens is 3. The summed E-state index contributed by atoms with van der Waals surface area (Å²) in [5.41, 5.74) is 0.226. The molecule has 0 unspecified atom stereocenters. The number of rotatable bonds is 3. The number of aliphatic imine (C=N–C) groups is 1. The average Bonchev–Trinajstić information content (AvgIpc) is 2.88. The van der Waals surface area contributed by atoms with E-state index < -0.39 is 11.8 Å². The zero-order valence-electron chi connectivity index (χ0n) is 10.6. The predicted molar refractivity (Wildman–Crippen MR) is 72.8 cm³/mol. The van der Waals surface area contributed by atoms with Crippen LogP contribution in [0.15, 0.2) is 52.1 Å². The Morgan fingerprint density at radius 3 is 2.67 bits per heavy atom. The number of hydrogen-bond acceptors (Lipinski definition) is 6. The normalized spacial score (nSPS) is 11.1. The van der Waals surface area contributed by atoms with Crippen molar-refractivity contribution in [1.29, 1.82) is 0 Å². The molecule has 0 atom stereocenters. The van der Waals surface area contributed by atoms with Gasteiger partial charge in [-0.2, -0.15) is 0 Å². The Kier molecular flexibility index (Phi) is 3.38. The molecule has 2 aromatic heterocycles. The number of oxazole rings is 1. The average molecular weight is 284 g/mol. The predicted octanol–water partition coefficient (Wildman–Crippen LogP) is 2.73. The minimum Gasteiger partial charge on any atom is -0.479 e. The lowest BCUT2D eigenvalue weighted by molar-refractivity contribution is 0.336. The van der Waals surface area contributed by atoms with E-state index in [1.165, 1.54) is 30.7 Å². The first-order valence-electron chi connectivity index (χ1n) is 6.00. The monoisotopic (exact) mass is 284 g/mol. The summed E-state index contributed by atoms with van der Waals surface area (Å²) in [4.78, 5) is 15.7. The van der Waals surface area contributed by atoms with Crippen molar-refractivity contribution in [2.45, 2.75) is 0 Å². The fourth-order valence-electron chi connectivity index (χ4n) is 1.63. The third-order valence-electron chi connectivity index (χ3n) is 2.59. The van der Waals surface area contributed by atoms with Crippen molar-refractivity contribution in [3.8, 4) is 17.4 Å². The molecule has 1 N–H and O–H groups in total. The van der Waals surface area contributed by atoms with Crippen molar-refractivity contribution in [1.82, 2.24) is 15.0 Å². The third kappa shape index (κ3) is 2.76. The van der Waals surface area contributed by atoms with E-state index in [9.17, 15) is 9.50 Å². The van der Waals surface area contributed by atoms with Gasteiger partial charge < -0.3 is 9.52 Å². The highest BCUT2D eigenvalue weighted by molar-refractivity contribution is 5.82. The molecular weight excluding hydrogens is 275 g/mol. The van der Waals surface area contributed by atoms with Crippen LogP contribution in [-0.2, 0) is 0 Å². The van der Waals surface area contributed by atoms with Gasteiger partial charge in [-0.15, -0.1) is 0 Å². The number of nitrogens with zero attached hydrogens (tertiary/aromatic N) is 4. The van der Waals surface area contributed by atoms with Gasteiger partial charge in [0.15, 0.2) is 5.69 Å². The molecule has 0 spiro atoms. The van der Waals surface area contributed by atoms with Crippen LogP contribution in [0.25, 0.3) is 11.5 Å². The maximum absolute atomic E-state index is 13.6. The van der Waals surface area contributed by atoms with Gasteiger partial charge in [-0.1, -0.05) is 12.1 Å². The third-order valence-corrected chi connectivity index (χ3v) is 2.59. The first-order valence-corrected chi connectivity index (χ1v) is 6.00. The SMILES string of the molecule is Oc1oc(-c2ccccc2F)nc1/C=N/c1ncccn1. The molecule has 7 heteroatoms. The number of aromatic hydroxyl groups is 1. The fourth-order valence-corrected chi connectivity index (χ4v) is 1.63. The number of benzene rings is 1. The van der Waals surface area contributed by atoms with Crippen LogP contribution in [0.4, 0.5) is 10.3 Å². The summed E-state index contributed by atoms with van der Waals surface area (Å²) in [6.07, 6.45) is 4.32. The Labute approximate surface area is 118 Å². The lowest BCUT2D eigenvalue weighted by atomic mass is 10.2. The Morgan fingerprint density at radius 2 is 1.90 bits per heavy atom. The largest absolute Gasteiger partial charge is 0.479 e. The summed E-state index contributed by atoms with van der Waals surface area (Å²) >= 11 is 0. The molecule has 0 saturated heterocycles. The zero-order valence-corrected chi connectivity index (χ0v) is 10.6. The van der Waals surface area contributed by atoms with Crippen molar-refractivity contribution >= 4 is 12.2 Å². The maximum atomic E-state index is 13.6. The summed E-state index contributed by atoms with van der Waals surface area (Å²) in [6, 6.07) is 7.63. The second-order valence-corrected chi connectivity index (χ2v) is 4.00. The van der Waals surface area contributed by atoms with E-state index in [0.717, 1.165) is 0 Å². The molecule has 0 aliphatic carbocycles. The van der Waals surface area contributed by atoms with Gasteiger partial charge in [0.25, 0.3) is 0 Å². The van der Waals surface area contributed by atoms with E-state index in [4.69, 9.17) is 4.42 Å². The van der Waals surface area contributed by atoms with Crippen LogP contribution < -0.4 is 0 Å². The molecule has 104 valence electrons. The quantitative estimate of drug-likeness (QED) is 0.747.